The maximum atomic E-state index is 13.4. The van der Waals surface area contributed by atoms with Crippen molar-refractivity contribution in [2.24, 2.45) is 5.73 Å². The predicted octanol–water partition coefficient (Wildman–Crippen LogP) is 3.93. The largest absolute Gasteiger partial charge is 0.369 e. The molecule has 2 aromatic rings. The lowest BCUT2D eigenvalue weighted by molar-refractivity contribution is -0.119. The fraction of sp³-hybridized carbons (Fsp3) is 0.316. The fourth-order valence-corrected chi connectivity index (χ4v) is 2.48. The first kappa shape index (κ1) is 16.2. The van der Waals surface area contributed by atoms with E-state index < -0.39 is 11.8 Å². The average Bonchev–Trinajstić information content (AvgIpc) is 2.44. The topological polar surface area (TPSA) is 43.1 Å². The van der Waals surface area contributed by atoms with Crippen LogP contribution in [-0.4, -0.2) is 5.91 Å². The number of benzene rings is 2. The van der Waals surface area contributed by atoms with Crippen LogP contribution in [0.4, 0.5) is 4.39 Å². The van der Waals surface area contributed by atoms with Crippen LogP contribution in [0, 0.1) is 5.82 Å². The van der Waals surface area contributed by atoms with Gasteiger partial charge in [-0.2, -0.15) is 0 Å². The fourth-order valence-electron chi connectivity index (χ4n) is 2.48. The van der Waals surface area contributed by atoms with Gasteiger partial charge in [0, 0.05) is 0 Å². The third-order valence-corrected chi connectivity index (χ3v) is 3.85. The Morgan fingerprint density at radius 3 is 2.27 bits per heavy atom. The number of primary amides is 1. The zero-order valence-electron chi connectivity index (χ0n) is 13.3. The first-order valence-electron chi connectivity index (χ1n) is 7.41. The third kappa shape index (κ3) is 3.94. The smallest absolute Gasteiger partial charge is 0.225 e. The lowest BCUT2D eigenvalue weighted by Crippen LogP contribution is -2.23. The summed E-state index contributed by atoms with van der Waals surface area (Å²) >= 11 is 0. The SMILES string of the molecule is CC(C)(C)c1ccc(CC(C(N)=O)c2cccc(F)c2)cc1. The van der Waals surface area contributed by atoms with Crippen molar-refractivity contribution >= 4 is 5.91 Å². The Balaban J connectivity index is 2.24. The summed E-state index contributed by atoms with van der Waals surface area (Å²) in [5.74, 6) is -1.31. The van der Waals surface area contributed by atoms with Crippen molar-refractivity contribution < 1.29 is 9.18 Å². The lowest BCUT2D eigenvalue weighted by Gasteiger charge is -2.20. The molecule has 2 rings (SSSR count). The second-order valence-electron chi connectivity index (χ2n) is 6.66. The Kier molecular flexibility index (Phi) is 4.65. The van der Waals surface area contributed by atoms with Gasteiger partial charge in [0.1, 0.15) is 5.82 Å². The summed E-state index contributed by atoms with van der Waals surface area (Å²) in [4.78, 5) is 11.7. The molecule has 0 saturated heterocycles. The molecule has 116 valence electrons. The van der Waals surface area contributed by atoms with Crippen LogP contribution in [0.3, 0.4) is 0 Å². The van der Waals surface area contributed by atoms with Crippen molar-refractivity contribution in [2.75, 3.05) is 0 Å². The molecule has 1 amide bonds. The number of halogens is 1. The number of carbonyl (C=O) groups excluding carboxylic acids is 1. The van der Waals surface area contributed by atoms with Gasteiger partial charge in [-0.15, -0.1) is 0 Å². The van der Waals surface area contributed by atoms with E-state index in [1.54, 1.807) is 12.1 Å². The van der Waals surface area contributed by atoms with Gasteiger partial charge >= 0.3 is 0 Å². The maximum Gasteiger partial charge on any atom is 0.225 e. The van der Waals surface area contributed by atoms with Crippen LogP contribution in [0.2, 0.25) is 0 Å². The summed E-state index contributed by atoms with van der Waals surface area (Å²) in [6, 6.07) is 14.2. The molecule has 0 aliphatic heterocycles. The molecule has 0 radical (unpaired) electrons. The van der Waals surface area contributed by atoms with Crippen LogP contribution < -0.4 is 5.73 Å². The Morgan fingerprint density at radius 1 is 1.14 bits per heavy atom. The van der Waals surface area contributed by atoms with Crippen molar-refractivity contribution in [2.45, 2.75) is 38.5 Å². The molecule has 2 nitrogen and oxygen atoms in total. The predicted molar refractivity (Wildman–Crippen MR) is 87.2 cm³/mol. The summed E-state index contributed by atoms with van der Waals surface area (Å²) < 4.78 is 13.4. The van der Waals surface area contributed by atoms with E-state index in [9.17, 15) is 9.18 Å². The van der Waals surface area contributed by atoms with Crippen molar-refractivity contribution in [3.8, 4) is 0 Å². The minimum atomic E-state index is -0.517. The number of rotatable bonds is 4. The highest BCUT2D eigenvalue weighted by atomic mass is 19.1. The first-order chi connectivity index (χ1) is 10.3. The van der Waals surface area contributed by atoms with E-state index in [4.69, 9.17) is 5.73 Å². The summed E-state index contributed by atoms with van der Waals surface area (Å²) in [6.45, 7) is 6.46. The molecule has 0 spiro atoms. The molecule has 1 atom stereocenters. The first-order valence-corrected chi connectivity index (χ1v) is 7.41. The van der Waals surface area contributed by atoms with Gasteiger partial charge < -0.3 is 5.73 Å². The Bertz CT molecular complexity index is 656. The number of carbonyl (C=O) groups is 1. The number of amides is 1. The van der Waals surface area contributed by atoms with E-state index in [2.05, 4.69) is 32.9 Å². The highest BCUT2D eigenvalue weighted by Crippen LogP contribution is 2.25. The summed E-state index contributed by atoms with van der Waals surface area (Å²) in [7, 11) is 0. The molecule has 3 heteroatoms. The molecule has 0 heterocycles. The van der Waals surface area contributed by atoms with E-state index >= 15 is 0 Å². The molecule has 0 aliphatic carbocycles. The van der Waals surface area contributed by atoms with Crippen LogP contribution in [0.15, 0.2) is 48.5 Å². The van der Waals surface area contributed by atoms with Crippen LogP contribution in [-0.2, 0) is 16.6 Å². The molecule has 2 aromatic carbocycles. The van der Waals surface area contributed by atoms with Crippen LogP contribution >= 0.6 is 0 Å². The van der Waals surface area contributed by atoms with E-state index in [-0.39, 0.29) is 11.2 Å². The van der Waals surface area contributed by atoms with Crippen LogP contribution in [0.5, 0.6) is 0 Å². The number of nitrogens with two attached hydrogens (primary N) is 1. The summed E-state index contributed by atoms with van der Waals surface area (Å²) in [5.41, 5.74) is 8.46. The second-order valence-corrected chi connectivity index (χ2v) is 6.66. The van der Waals surface area contributed by atoms with Gasteiger partial charge in [0.2, 0.25) is 5.91 Å². The highest BCUT2D eigenvalue weighted by molar-refractivity contribution is 5.82. The highest BCUT2D eigenvalue weighted by Gasteiger charge is 2.19. The standard InChI is InChI=1S/C19H22FNO/c1-19(2,3)15-9-7-13(8-10-15)11-17(18(21)22)14-5-4-6-16(20)12-14/h4-10,12,17H,11H2,1-3H3,(H2,21,22). The normalized spacial score (nSPS) is 12.9. The lowest BCUT2D eigenvalue weighted by atomic mass is 9.85. The van der Waals surface area contributed by atoms with E-state index in [1.165, 1.54) is 17.7 Å². The van der Waals surface area contributed by atoms with Gasteiger partial charge in [0.25, 0.3) is 0 Å². The third-order valence-electron chi connectivity index (χ3n) is 3.85. The molecule has 0 bridgehead atoms. The Labute approximate surface area is 131 Å². The van der Waals surface area contributed by atoms with Gasteiger partial charge in [-0.1, -0.05) is 57.2 Å². The van der Waals surface area contributed by atoms with Crippen LogP contribution in [0.1, 0.15) is 43.4 Å². The van der Waals surface area contributed by atoms with E-state index in [0.717, 1.165) is 5.56 Å². The molecule has 0 saturated carbocycles. The molecule has 0 fully saturated rings. The zero-order chi connectivity index (χ0) is 16.3. The minimum Gasteiger partial charge on any atom is -0.369 e. The minimum absolute atomic E-state index is 0.0875. The Hall–Kier alpha value is -2.16. The summed E-state index contributed by atoms with van der Waals surface area (Å²) in [6.07, 6.45) is 0.475. The Morgan fingerprint density at radius 2 is 1.77 bits per heavy atom. The zero-order valence-corrected chi connectivity index (χ0v) is 13.3. The van der Waals surface area contributed by atoms with Crippen LogP contribution in [0.25, 0.3) is 0 Å². The van der Waals surface area contributed by atoms with Crippen molar-refractivity contribution in [1.82, 2.24) is 0 Å². The molecule has 2 N–H and O–H groups in total. The number of hydrogen-bond donors (Lipinski definition) is 1. The molecular formula is C19H22FNO. The van der Waals surface area contributed by atoms with Gasteiger partial charge in [-0.25, -0.2) is 4.39 Å². The summed E-state index contributed by atoms with van der Waals surface area (Å²) in [5, 5.41) is 0. The van der Waals surface area contributed by atoms with Crippen molar-refractivity contribution in [1.29, 1.82) is 0 Å². The molecule has 0 aromatic heterocycles. The molecular weight excluding hydrogens is 277 g/mol. The molecule has 22 heavy (non-hydrogen) atoms. The second kappa shape index (κ2) is 6.30. The molecule has 1 unspecified atom stereocenters. The van der Waals surface area contributed by atoms with Gasteiger partial charge in [-0.05, 0) is 40.7 Å². The van der Waals surface area contributed by atoms with E-state index in [1.807, 2.05) is 12.1 Å². The maximum absolute atomic E-state index is 13.4. The average molecular weight is 299 g/mol. The monoisotopic (exact) mass is 299 g/mol. The van der Waals surface area contributed by atoms with Gasteiger partial charge in [0.15, 0.2) is 0 Å². The molecule has 0 aliphatic rings. The quantitative estimate of drug-likeness (QED) is 0.913. The van der Waals surface area contributed by atoms with E-state index in [0.29, 0.717) is 12.0 Å². The van der Waals surface area contributed by atoms with Crippen molar-refractivity contribution in [3.05, 3.63) is 71.0 Å². The van der Waals surface area contributed by atoms with Gasteiger partial charge in [-0.3, -0.25) is 4.79 Å². The number of hydrogen-bond acceptors (Lipinski definition) is 1. The van der Waals surface area contributed by atoms with Crippen molar-refractivity contribution in [3.63, 3.8) is 0 Å². The van der Waals surface area contributed by atoms with Gasteiger partial charge in [0.05, 0.1) is 5.92 Å².